The Hall–Kier alpha value is -2.69. The van der Waals surface area contributed by atoms with Crippen molar-refractivity contribution in [3.63, 3.8) is 0 Å². The fourth-order valence-electron chi connectivity index (χ4n) is 3.61. The molecule has 0 radical (unpaired) electrons. The monoisotopic (exact) mass is 471 g/mol. The van der Waals surface area contributed by atoms with Gasteiger partial charge in [0.25, 0.3) is 0 Å². The van der Waals surface area contributed by atoms with Crippen LogP contribution in [0.2, 0.25) is 0 Å². The van der Waals surface area contributed by atoms with Crippen molar-refractivity contribution in [3.8, 4) is 11.4 Å². The largest absolute Gasteiger partial charge is 0.355 e. The molecule has 3 aromatic rings. The van der Waals surface area contributed by atoms with E-state index in [9.17, 15) is 13.2 Å². The van der Waals surface area contributed by atoms with Crippen LogP contribution in [0.4, 0.5) is 0 Å². The highest BCUT2D eigenvalue weighted by Gasteiger charge is 2.33. The zero-order chi connectivity index (χ0) is 22.4. The number of carbonyl (C=O) groups excluding carboxylic acids is 1. The van der Waals surface area contributed by atoms with Gasteiger partial charge in [-0.15, -0.1) is 5.10 Å². The van der Waals surface area contributed by atoms with E-state index < -0.39 is 10.0 Å². The molecule has 2 N–H and O–H groups in total. The number of nitrogens with zero attached hydrogens (tertiary/aromatic N) is 3. The van der Waals surface area contributed by atoms with Crippen LogP contribution in [0.3, 0.4) is 0 Å². The second-order valence-electron chi connectivity index (χ2n) is 7.49. The van der Waals surface area contributed by atoms with Crippen molar-refractivity contribution in [2.24, 2.45) is 5.92 Å². The Morgan fingerprint density at radius 3 is 2.59 bits per heavy atom. The second kappa shape index (κ2) is 10.3. The number of amides is 1. The quantitative estimate of drug-likeness (QED) is 0.386. The fourth-order valence-corrected chi connectivity index (χ4v) is 5.81. The Morgan fingerprint density at radius 2 is 1.84 bits per heavy atom. The molecule has 168 valence electrons. The second-order valence-corrected chi connectivity index (χ2v) is 10.5. The molecule has 1 amide bonds. The van der Waals surface area contributed by atoms with Gasteiger partial charge in [-0.25, -0.2) is 13.4 Å². The molecule has 0 bridgehead atoms. The molecule has 1 atom stereocenters. The molecule has 1 aliphatic heterocycles. The fraction of sp³-hybridized carbons (Fsp3) is 0.318. The summed E-state index contributed by atoms with van der Waals surface area (Å²) in [6.07, 6.45) is 1.35. The number of hydrogen-bond acceptors (Lipinski definition) is 6. The number of H-pyrrole nitrogens is 1. The molecule has 0 saturated carbocycles. The highest BCUT2D eigenvalue weighted by atomic mass is 32.2. The van der Waals surface area contributed by atoms with Gasteiger partial charge in [0.05, 0.1) is 10.8 Å². The number of aromatic nitrogens is 3. The van der Waals surface area contributed by atoms with Crippen molar-refractivity contribution < 1.29 is 13.2 Å². The van der Waals surface area contributed by atoms with Crippen molar-refractivity contribution in [1.82, 2.24) is 24.8 Å². The predicted molar refractivity (Wildman–Crippen MR) is 123 cm³/mol. The minimum absolute atomic E-state index is 0.112. The third-order valence-electron chi connectivity index (χ3n) is 5.28. The van der Waals surface area contributed by atoms with Crippen LogP contribution in [-0.2, 0) is 14.8 Å². The highest BCUT2D eigenvalue weighted by Crippen LogP contribution is 2.24. The highest BCUT2D eigenvalue weighted by molar-refractivity contribution is 7.99. The van der Waals surface area contributed by atoms with Gasteiger partial charge in [0.2, 0.25) is 21.1 Å². The van der Waals surface area contributed by atoms with Crippen molar-refractivity contribution in [2.45, 2.75) is 22.9 Å². The number of rotatable bonds is 8. The first-order chi connectivity index (χ1) is 15.5. The predicted octanol–water partition coefficient (Wildman–Crippen LogP) is 2.78. The molecule has 1 aliphatic rings. The maximum absolute atomic E-state index is 12.9. The zero-order valence-corrected chi connectivity index (χ0v) is 19.1. The lowest BCUT2D eigenvalue weighted by atomic mass is 9.99. The summed E-state index contributed by atoms with van der Waals surface area (Å²) in [6.45, 7) is 1.10. The summed E-state index contributed by atoms with van der Waals surface area (Å²) < 4.78 is 27.1. The molecule has 0 aliphatic carbocycles. The van der Waals surface area contributed by atoms with Gasteiger partial charge in [-0.1, -0.05) is 60.3 Å². The number of piperidine rings is 1. The average molecular weight is 472 g/mol. The lowest BCUT2D eigenvalue weighted by molar-refractivity contribution is -0.125. The van der Waals surface area contributed by atoms with Crippen LogP contribution < -0.4 is 5.32 Å². The first-order valence-corrected chi connectivity index (χ1v) is 12.9. The molecule has 0 unspecified atom stereocenters. The van der Waals surface area contributed by atoms with Crippen LogP contribution in [0, 0.1) is 5.92 Å². The molecule has 0 spiro atoms. The van der Waals surface area contributed by atoms with Crippen LogP contribution in [0.25, 0.3) is 11.4 Å². The number of aromatic amines is 1. The van der Waals surface area contributed by atoms with Crippen LogP contribution in [0.1, 0.15) is 12.8 Å². The Morgan fingerprint density at radius 1 is 1.12 bits per heavy atom. The normalized spacial score (nSPS) is 17.2. The maximum Gasteiger partial charge on any atom is 0.243 e. The average Bonchev–Trinajstić information content (AvgIpc) is 3.32. The number of hydrogen-bond donors (Lipinski definition) is 2. The van der Waals surface area contributed by atoms with Gasteiger partial charge in [0.1, 0.15) is 0 Å². The third kappa shape index (κ3) is 5.37. The van der Waals surface area contributed by atoms with Crippen LogP contribution in [-0.4, -0.2) is 59.2 Å². The van der Waals surface area contributed by atoms with Crippen molar-refractivity contribution in [3.05, 3.63) is 60.7 Å². The summed E-state index contributed by atoms with van der Waals surface area (Å²) >= 11 is 1.45. The summed E-state index contributed by atoms with van der Waals surface area (Å²) in [6, 6.07) is 18.1. The molecule has 2 heterocycles. The number of benzene rings is 2. The van der Waals surface area contributed by atoms with E-state index in [0.29, 0.717) is 42.7 Å². The SMILES string of the molecule is O=C(NCCSc1n[nH]c(-c2ccccc2)n1)[C@@H]1CCCN(S(=O)(=O)c2ccccc2)C1. The van der Waals surface area contributed by atoms with Gasteiger partial charge in [-0.05, 0) is 25.0 Å². The molecule has 1 aromatic heterocycles. The first-order valence-electron chi connectivity index (χ1n) is 10.5. The molecular weight excluding hydrogens is 446 g/mol. The first kappa shape index (κ1) is 22.5. The van der Waals surface area contributed by atoms with E-state index in [1.165, 1.54) is 16.1 Å². The van der Waals surface area contributed by atoms with Gasteiger partial charge in [0, 0.05) is 31.0 Å². The topological polar surface area (TPSA) is 108 Å². The van der Waals surface area contributed by atoms with Gasteiger partial charge in [-0.3, -0.25) is 9.89 Å². The van der Waals surface area contributed by atoms with E-state index in [1.807, 2.05) is 30.3 Å². The Balaban J connectivity index is 1.25. The Labute approximate surface area is 191 Å². The zero-order valence-electron chi connectivity index (χ0n) is 17.5. The summed E-state index contributed by atoms with van der Waals surface area (Å²) in [5, 5.41) is 10.7. The number of carbonyl (C=O) groups is 1. The number of thioether (sulfide) groups is 1. The summed E-state index contributed by atoms with van der Waals surface area (Å²) in [7, 11) is -3.58. The molecular formula is C22H25N5O3S2. The molecule has 8 nitrogen and oxygen atoms in total. The van der Waals surface area contributed by atoms with Gasteiger partial charge in [-0.2, -0.15) is 4.31 Å². The molecule has 10 heteroatoms. The Bertz CT molecular complexity index is 1140. The van der Waals surface area contributed by atoms with E-state index in [1.54, 1.807) is 30.3 Å². The van der Waals surface area contributed by atoms with Crippen LogP contribution >= 0.6 is 11.8 Å². The molecule has 1 fully saturated rings. The summed E-state index contributed by atoms with van der Waals surface area (Å²) in [5.41, 5.74) is 0.965. The summed E-state index contributed by atoms with van der Waals surface area (Å²) in [4.78, 5) is 17.4. The number of nitrogens with one attached hydrogen (secondary N) is 2. The van der Waals surface area contributed by atoms with E-state index in [-0.39, 0.29) is 23.3 Å². The van der Waals surface area contributed by atoms with E-state index in [2.05, 4.69) is 20.5 Å². The van der Waals surface area contributed by atoms with E-state index in [0.717, 1.165) is 5.56 Å². The van der Waals surface area contributed by atoms with Crippen molar-refractivity contribution in [2.75, 3.05) is 25.4 Å². The summed E-state index contributed by atoms with van der Waals surface area (Å²) in [5.74, 6) is 0.870. The number of sulfonamides is 1. The molecule has 32 heavy (non-hydrogen) atoms. The Kier molecular flexibility index (Phi) is 7.23. The van der Waals surface area contributed by atoms with E-state index in [4.69, 9.17) is 0 Å². The minimum atomic E-state index is -3.58. The molecule has 4 rings (SSSR count). The van der Waals surface area contributed by atoms with Crippen LogP contribution in [0.15, 0.2) is 70.7 Å². The smallest absolute Gasteiger partial charge is 0.243 e. The van der Waals surface area contributed by atoms with Gasteiger partial charge in [0.15, 0.2) is 5.82 Å². The van der Waals surface area contributed by atoms with Gasteiger partial charge < -0.3 is 5.32 Å². The van der Waals surface area contributed by atoms with Crippen LogP contribution in [0.5, 0.6) is 0 Å². The van der Waals surface area contributed by atoms with Crippen molar-refractivity contribution >= 4 is 27.7 Å². The van der Waals surface area contributed by atoms with Gasteiger partial charge >= 0.3 is 0 Å². The molecule has 1 saturated heterocycles. The lowest BCUT2D eigenvalue weighted by Gasteiger charge is -2.31. The van der Waals surface area contributed by atoms with E-state index >= 15 is 0 Å². The lowest BCUT2D eigenvalue weighted by Crippen LogP contribution is -2.45. The standard InChI is InChI=1S/C22H25N5O3S2/c28-21(18-10-7-14-27(16-18)32(29,30)19-11-5-2-6-12-19)23-13-15-31-22-24-20(25-26-22)17-8-3-1-4-9-17/h1-6,8-9,11-12,18H,7,10,13-16H2,(H,23,28)(H,24,25,26)/t18-/m1/s1. The molecule has 2 aromatic carbocycles. The van der Waals surface area contributed by atoms with Crippen molar-refractivity contribution in [1.29, 1.82) is 0 Å². The third-order valence-corrected chi connectivity index (χ3v) is 8.01. The minimum Gasteiger partial charge on any atom is -0.355 e. The maximum atomic E-state index is 12.9.